The second-order valence-corrected chi connectivity index (χ2v) is 6.32. The highest BCUT2D eigenvalue weighted by Crippen LogP contribution is 2.15. The van der Waals surface area contributed by atoms with Gasteiger partial charge >= 0.3 is 0 Å². The molecule has 0 radical (unpaired) electrons. The van der Waals surface area contributed by atoms with E-state index in [4.69, 9.17) is 0 Å². The molecule has 2 aromatic heterocycles. The summed E-state index contributed by atoms with van der Waals surface area (Å²) in [7, 11) is 1.70. The summed E-state index contributed by atoms with van der Waals surface area (Å²) in [5, 5.41) is 2.97. The predicted octanol–water partition coefficient (Wildman–Crippen LogP) is 0.176. The van der Waals surface area contributed by atoms with Crippen molar-refractivity contribution in [3.05, 3.63) is 56.5 Å². The van der Waals surface area contributed by atoms with Gasteiger partial charge in [-0.15, -0.1) is 0 Å². The molecular formula is C17H21N5O3. The number of hydrogen-bond acceptors (Lipinski definition) is 5. The Balaban J connectivity index is 1.63. The van der Waals surface area contributed by atoms with Gasteiger partial charge in [-0.3, -0.25) is 14.4 Å². The van der Waals surface area contributed by atoms with E-state index in [2.05, 4.69) is 15.3 Å². The number of pyridine rings is 1. The highest BCUT2D eigenvalue weighted by molar-refractivity contribution is 5.94. The Morgan fingerprint density at radius 2 is 2.00 bits per heavy atom. The average Bonchev–Trinajstić information content (AvgIpc) is 2.57. The second-order valence-electron chi connectivity index (χ2n) is 6.32. The number of hydrogen-bond donors (Lipinski definition) is 2. The van der Waals surface area contributed by atoms with Crippen molar-refractivity contribution in [1.82, 2.24) is 19.9 Å². The van der Waals surface area contributed by atoms with Crippen molar-refractivity contribution < 1.29 is 4.79 Å². The van der Waals surface area contributed by atoms with E-state index < -0.39 is 0 Å². The maximum Gasteiger partial charge on any atom is 0.293 e. The van der Waals surface area contributed by atoms with Crippen molar-refractivity contribution in [2.24, 2.45) is 7.05 Å². The highest BCUT2D eigenvalue weighted by atomic mass is 16.2. The van der Waals surface area contributed by atoms with Crippen LogP contribution in [0.1, 0.15) is 28.9 Å². The summed E-state index contributed by atoms with van der Waals surface area (Å²) in [6.45, 7) is 3.03. The fraction of sp³-hybridized carbons (Fsp3) is 0.412. The van der Waals surface area contributed by atoms with Crippen LogP contribution in [0, 0.1) is 6.92 Å². The first-order valence-electron chi connectivity index (χ1n) is 8.22. The molecule has 3 rings (SSSR count). The Morgan fingerprint density at radius 1 is 1.28 bits per heavy atom. The fourth-order valence-electron chi connectivity index (χ4n) is 3.02. The minimum atomic E-state index is -0.286. The molecule has 1 aliphatic rings. The van der Waals surface area contributed by atoms with E-state index in [9.17, 15) is 14.4 Å². The third kappa shape index (κ3) is 3.78. The number of aromatic amines is 1. The SMILES string of the molecule is Cc1cc(C(=O)NC2CCN(c3nccn(C)c3=O)CC2)cc(=O)[nH]1. The molecule has 25 heavy (non-hydrogen) atoms. The molecule has 8 nitrogen and oxygen atoms in total. The number of nitrogens with zero attached hydrogens (tertiary/aromatic N) is 3. The minimum Gasteiger partial charge on any atom is -0.352 e. The third-order valence-corrected chi connectivity index (χ3v) is 4.37. The molecule has 0 bridgehead atoms. The lowest BCUT2D eigenvalue weighted by Gasteiger charge is -2.32. The Hall–Kier alpha value is -2.90. The van der Waals surface area contributed by atoms with E-state index in [-0.39, 0.29) is 23.1 Å². The van der Waals surface area contributed by atoms with Gasteiger partial charge in [-0.1, -0.05) is 0 Å². The summed E-state index contributed by atoms with van der Waals surface area (Å²) in [5.74, 6) is 0.196. The Labute approximate surface area is 144 Å². The molecule has 1 fully saturated rings. The molecule has 0 aromatic carbocycles. The molecular weight excluding hydrogens is 322 g/mol. The van der Waals surface area contributed by atoms with Crippen LogP contribution in [0.2, 0.25) is 0 Å². The number of carbonyl (C=O) groups excluding carboxylic acids is 1. The fourth-order valence-corrected chi connectivity index (χ4v) is 3.02. The molecule has 0 aliphatic carbocycles. The molecule has 1 saturated heterocycles. The van der Waals surface area contributed by atoms with Crippen LogP contribution in [0.5, 0.6) is 0 Å². The predicted molar refractivity (Wildman–Crippen MR) is 94.0 cm³/mol. The topological polar surface area (TPSA) is 100 Å². The van der Waals surface area contributed by atoms with Gasteiger partial charge in [0.1, 0.15) is 0 Å². The van der Waals surface area contributed by atoms with Gasteiger partial charge < -0.3 is 19.8 Å². The van der Waals surface area contributed by atoms with Crippen molar-refractivity contribution >= 4 is 11.7 Å². The van der Waals surface area contributed by atoms with Gasteiger partial charge in [-0.25, -0.2) is 4.98 Å². The Bertz CT molecular complexity index is 894. The largest absolute Gasteiger partial charge is 0.352 e. The number of amides is 1. The first-order valence-corrected chi connectivity index (χ1v) is 8.22. The van der Waals surface area contributed by atoms with Crippen molar-refractivity contribution in [1.29, 1.82) is 0 Å². The number of piperidine rings is 1. The molecule has 0 saturated carbocycles. The van der Waals surface area contributed by atoms with Gasteiger partial charge in [-0.2, -0.15) is 0 Å². The monoisotopic (exact) mass is 343 g/mol. The van der Waals surface area contributed by atoms with Crippen molar-refractivity contribution in [2.45, 2.75) is 25.8 Å². The van der Waals surface area contributed by atoms with Gasteiger partial charge in [0.2, 0.25) is 5.56 Å². The van der Waals surface area contributed by atoms with Crippen LogP contribution < -0.4 is 21.3 Å². The first-order chi connectivity index (χ1) is 11.9. The summed E-state index contributed by atoms with van der Waals surface area (Å²) < 4.78 is 1.51. The summed E-state index contributed by atoms with van der Waals surface area (Å²) in [6, 6.07) is 2.97. The number of carbonyl (C=O) groups is 1. The third-order valence-electron chi connectivity index (χ3n) is 4.37. The van der Waals surface area contributed by atoms with E-state index in [1.807, 2.05) is 4.90 Å². The number of H-pyrrole nitrogens is 1. The van der Waals surface area contributed by atoms with Gasteiger partial charge in [0.05, 0.1) is 0 Å². The summed E-state index contributed by atoms with van der Waals surface area (Å²) >= 11 is 0. The normalized spacial score (nSPS) is 15.2. The van der Waals surface area contributed by atoms with Crippen molar-refractivity contribution in [3.63, 3.8) is 0 Å². The maximum atomic E-state index is 12.3. The van der Waals surface area contributed by atoms with Crippen LogP contribution in [-0.2, 0) is 7.05 Å². The van der Waals surface area contributed by atoms with Crippen molar-refractivity contribution in [2.75, 3.05) is 18.0 Å². The van der Waals surface area contributed by atoms with Crippen LogP contribution in [0.25, 0.3) is 0 Å². The van der Waals surface area contributed by atoms with E-state index in [1.54, 1.807) is 32.4 Å². The van der Waals surface area contributed by atoms with Crippen LogP contribution in [0.4, 0.5) is 5.82 Å². The molecule has 3 heterocycles. The van der Waals surface area contributed by atoms with E-state index in [0.29, 0.717) is 43.0 Å². The summed E-state index contributed by atoms with van der Waals surface area (Å²) in [4.78, 5) is 44.7. The summed E-state index contributed by atoms with van der Waals surface area (Å²) in [6.07, 6.45) is 4.67. The van der Waals surface area contributed by atoms with Crippen LogP contribution in [-0.4, -0.2) is 39.6 Å². The van der Waals surface area contributed by atoms with E-state index in [1.165, 1.54) is 10.6 Å². The minimum absolute atomic E-state index is 0.0101. The molecule has 0 unspecified atom stereocenters. The van der Waals surface area contributed by atoms with Crippen LogP contribution in [0.3, 0.4) is 0 Å². The lowest BCUT2D eigenvalue weighted by molar-refractivity contribution is 0.0930. The lowest BCUT2D eigenvalue weighted by Crippen LogP contribution is -2.46. The van der Waals surface area contributed by atoms with Crippen LogP contribution >= 0.6 is 0 Å². The summed E-state index contributed by atoms with van der Waals surface area (Å²) in [5.41, 5.74) is 0.607. The molecule has 132 valence electrons. The zero-order valence-corrected chi connectivity index (χ0v) is 14.3. The molecule has 1 amide bonds. The smallest absolute Gasteiger partial charge is 0.293 e. The van der Waals surface area contributed by atoms with Gasteiger partial charge in [0.15, 0.2) is 5.82 Å². The van der Waals surface area contributed by atoms with Crippen LogP contribution in [0.15, 0.2) is 34.1 Å². The van der Waals surface area contributed by atoms with E-state index >= 15 is 0 Å². The molecule has 0 atom stereocenters. The number of rotatable bonds is 3. The standard InChI is InChI=1S/C17H21N5O3/c1-11-9-12(10-14(23)19-11)16(24)20-13-3-6-22(7-4-13)15-17(25)21(2)8-5-18-15/h5,8-10,13H,3-4,6-7H2,1-2H3,(H,19,23)(H,20,24). The van der Waals surface area contributed by atoms with Crippen molar-refractivity contribution in [3.8, 4) is 0 Å². The molecule has 2 aromatic rings. The zero-order valence-electron chi connectivity index (χ0n) is 14.3. The number of aromatic nitrogens is 3. The molecule has 1 aliphatic heterocycles. The zero-order chi connectivity index (χ0) is 18.0. The van der Waals surface area contributed by atoms with Gasteiger partial charge in [0.25, 0.3) is 11.5 Å². The first kappa shape index (κ1) is 16.9. The Kier molecular flexibility index (Phi) is 4.69. The molecule has 0 spiro atoms. The van der Waals surface area contributed by atoms with Gasteiger partial charge in [0, 0.05) is 55.9 Å². The Morgan fingerprint density at radius 3 is 2.68 bits per heavy atom. The average molecular weight is 343 g/mol. The second kappa shape index (κ2) is 6.92. The lowest BCUT2D eigenvalue weighted by atomic mass is 10.0. The number of nitrogens with one attached hydrogen (secondary N) is 2. The number of aryl methyl sites for hydroxylation is 2. The maximum absolute atomic E-state index is 12.3. The quantitative estimate of drug-likeness (QED) is 0.828. The van der Waals surface area contributed by atoms with E-state index in [0.717, 1.165) is 0 Å². The molecule has 2 N–H and O–H groups in total. The molecule has 8 heteroatoms. The van der Waals surface area contributed by atoms with Gasteiger partial charge in [-0.05, 0) is 25.8 Å². The highest BCUT2D eigenvalue weighted by Gasteiger charge is 2.23. The number of anilines is 1.